The van der Waals surface area contributed by atoms with Crippen molar-refractivity contribution in [2.45, 2.75) is 19.9 Å². The van der Waals surface area contributed by atoms with Gasteiger partial charge in [-0.05, 0) is 5.92 Å². The molecule has 1 saturated heterocycles. The Kier molecular flexibility index (Phi) is 5.60. The maximum absolute atomic E-state index is 12.4. The summed E-state index contributed by atoms with van der Waals surface area (Å²) < 4.78 is 4.51. The lowest BCUT2D eigenvalue weighted by Gasteiger charge is -2.35. The normalized spacial score (nSPS) is 16.8. The Morgan fingerprint density at radius 1 is 1.10 bits per heavy atom. The van der Waals surface area contributed by atoms with Crippen LogP contribution in [0.1, 0.15) is 13.8 Å². The largest absolute Gasteiger partial charge is 0.465 e. The van der Waals surface area contributed by atoms with Gasteiger partial charge in [0.2, 0.25) is 5.91 Å². The van der Waals surface area contributed by atoms with E-state index in [0.717, 1.165) is 0 Å². The first-order valence-electron chi connectivity index (χ1n) is 6.48. The average molecular weight is 287 g/mol. The van der Waals surface area contributed by atoms with E-state index in [4.69, 9.17) is 5.11 Å². The Labute approximate surface area is 117 Å². The second-order valence-electron chi connectivity index (χ2n) is 4.95. The van der Waals surface area contributed by atoms with Crippen LogP contribution >= 0.6 is 0 Å². The average Bonchev–Trinajstić information content (AvgIpc) is 2.43. The summed E-state index contributed by atoms with van der Waals surface area (Å²) in [4.78, 5) is 37.3. The maximum Gasteiger partial charge on any atom is 0.407 e. The second-order valence-corrected chi connectivity index (χ2v) is 4.95. The van der Waals surface area contributed by atoms with E-state index in [1.54, 1.807) is 4.90 Å². The maximum atomic E-state index is 12.4. The van der Waals surface area contributed by atoms with Gasteiger partial charge in [-0.25, -0.2) is 9.59 Å². The van der Waals surface area contributed by atoms with Gasteiger partial charge < -0.3 is 25.0 Å². The van der Waals surface area contributed by atoms with E-state index in [2.05, 4.69) is 10.1 Å². The number of rotatable bonds is 3. The number of nitrogens with zero attached hydrogens (tertiary/aromatic N) is 2. The van der Waals surface area contributed by atoms with Gasteiger partial charge in [-0.3, -0.25) is 4.79 Å². The van der Waals surface area contributed by atoms with Gasteiger partial charge in [-0.2, -0.15) is 0 Å². The molecule has 0 aromatic rings. The number of ether oxygens (including phenoxy) is 1. The van der Waals surface area contributed by atoms with Crippen LogP contribution in [0.15, 0.2) is 0 Å². The highest BCUT2D eigenvalue weighted by atomic mass is 16.5. The minimum absolute atomic E-state index is 0.0842. The highest BCUT2D eigenvalue weighted by molar-refractivity contribution is 5.86. The van der Waals surface area contributed by atoms with Gasteiger partial charge in [0.05, 0.1) is 7.11 Å². The summed E-state index contributed by atoms with van der Waals surface area (Å²) in [7, 11) is 1.24. The van der Waals surface area contributed by atoms with E-state index in [0.29, 0.717) is 13.1 Å². The highest BCUT2D eigenvalue weighted by Gasteiger charge is 2.31. The molecule has 3 amide bonds. The molecule has 20 heavy (non-hydrogen) atoms. The number of nitrogens with one attached hydrogen (secondary N) is 1. The number of hydrogen-bond donors (Lipinski definition) is 2. The van der Waals surface area contributed by atoms with Gasteiger partial charge in [-0.15, -0.1) is 0 Å². The van der Waals surface area contributed by atoms with Gasteiger partial charge in [0.15, 0.2) is 0 Å². The van der Waals surface area contributed by atoms with E-state index in [1.165, 1.54) is 12.0 Å². The van der Waals surface area contributed by atoms with Crippen molar-refractivity contribution in [3.05, 3.63) is 0 Å². The predicted molar refractivity (Wildman–Crippen MR) is 70.3 cm³/mol. The van der Waals surface area contributed by atoms with Crippen molar-refractivity contribution in [1.29, 1.82) is 0 Å². The molecule has 1 unspecified atom stereocenters. The molecule has 114 valence electrons. The molecule has 0 aromatic carbocycles. The number of carbonyl (C=O) groups is 3. The lowest BCUT2D eigenvalue weighted by molar-refractivity contribution is -0.136. The summed E-state index contributed by atoms with van der Waals surface area (Å²) in [6, 6.07) is -0.668. The van der Waals surface area contributed by atoms with Gasteiger partial charge in [0.1, 0.15) is 6.04 Å². The second kappa shape index (κ2) is 6.97. The molecule has 1 aliphatic rings. The Bertz CT molecular complexity index is 377. The van der Waals surface area contributed by atoms with Crippen LogP contribution in [-0.2, 0) is 9.53 Å². The molecule has 2 N–H and O–H groups in total. The van der Waals surface area contributed by atoms with Crippen LogP contribution in [0.5, 0.6) is 0 Å². The Balaban J connectivity index is 2.62. The van der Waals surface area contributed by atoms with E-state index in [1.807, 2.05) is 13.8 Å². The van der Waals surface area contributed by atoms with Crippen molar-refractivity contribution in [2.24, 2.45) is 5.92 Å². The molecule has 0 aliphatic carbocycles. The SMILES string of the molecule is COC(=O)NC(C(=O)N1CCN(C(=O)O)CC1)C(C)C. The van der Waals surface area contributed by atoms with Gasteiger partial charge in [-0.1, -0.05) is 13.8 Å². The minimum atomic E-state index is -0.981. The third-order valence-corrected chi connectivity index (χ3v) is 3.25. The molecule has 0 saturated carbocycles. The molecule has 1 atom stereocenters. The predicted octanol–water partition coefficient (Wildman–Crippen LogP) is 0.189. The van der Waals surface area contributed by atoms with Gasteiger partial charge >= 0.3 is 12.2 Å². The summed E-state index contributed by atoms with van der Waals surface area (Å²) >= 11 is 0. The Hall–Kier alpha value is -1.99. The van der Waals surface area contributed by atoms with E-state index in [9.17, 15) is 14.4 Å². The third kappa shape index (κ3) is 4.01. The molecule has 0 spiro atoms. The Morgan fingerprint density at radius 2 is 1.60 bits per heavy atom. The molecule has 0 aromatic heterocycles. The highest BCUT2D eigenvalue weighted by Crippen LogP contribution is 2.10. The lowest BCUT2D eigenvalue weighted by Crippen LogP contribution is -2.57. The molecular formula is C12H21N3O5. The number of methoxy groups -OCH3 is 1. The van der Waals surface area contributed by atoms with E-state index in [-0.39, 0.29) is 24.9 Å². The molecule has 0 bridgehead atoms. The van der Waals surface area contributed by atoms with Crippen LogP contribution in [0.3, 0.4) is 0 Å². The number of carbonyl (C=O) groups excluding carboxylic acids is 2. The number of piperazine rings is 1. The topological polar surface area (TPSA) is 99.2 Å². The molecule has 1 aliphatic heterocycles. The molecule has 1 rings (SSSR count). The zero-order chi connectivity index (χ0) is 15.3. The number of amides is 3. The van der Waals surface area contributed by atoms with Crippen LogP contribution in [0.4, 0.5) is 9.59 Å². The fourth-order valence-electron chi connectivity index (χ4n) is 2.01. The minimum Gasteiger partial charge on any atom is -0.465 e. The standard InChI is InChI=1S/C12H21N3O5/c1-8(2)9(13-11(17)20-3)10(16)14-4-6-15(7-5-14)12(18)19/h8-9H,4-7H2,1-3H3,(H,13,17)(H,18,19). The molecule has 1 fully saturated rings. The fourth-order valence-corrected chi connectivity index (χ4v) is 2.01. The molecule has 8 nitrogen and oxygen atoms in total. The monoisotopic (exact) mass is 287 g/mol. The van der Waals surface area contributed by atoms with Crippen molar-refractivity contribution in [1.82, 2.24) is 15.1 Å². The van der Waals surface area contributed by atoms with E-state index < -0.39 is 18.2 Å². The first kappa shape index (κ1) is 16.1. The van der Waals surface area contributed by atoms with Crippen molar-refractivity contribution in [3.8, 4) is 0 Å². The van der Waals surface area contributed by atoms with Crippen LogP contribution in [0, 0.1) is 5.92 Å². The van der Waals surface area contributed by atoms with Crippen LogP contribution in [-0.4, -0.2) is 72.3 Å². The first-order valence-corrected chi connectivity index (χ1v) is 6.48. The summed E-state index contributed by atoms with van der Waals surface area (Å²) in [5, 5.41) is 11.4. The molecule has 8 heteroatoms. The summed E-state index contributed by atoms with van der Waals surface area (Å²) in [6.45, 7) is 4.88. The summed E-state index contributed by atoms with van der Waals surface area (Å²) in [5.41, 5.74) is 0. The van der Waals surface area contributed by atoms with Gasteiger partial charge in [0.25, 0.3) is 0 Å². The number of carboxylic acid groups (broad SMARTS) is 1. The lowest BCUT2D eigenvalue weighted by atomic mass is 10.0. The van der Waals surface area contributed by atoms with Crippen LogP contribution < -0.4 is 5.32 Å². The third-order valence-electron chi connectivity index (χ3n) is 3.25. The summed E-state index contributed by atoms with van der Waals surface area (Å²) in [6.07, 6.45) is -1.63. The van der Waals surface area contributed by atoms with Crippen molar-refractivity contribution < 1.29 is 24.2 Å². The van der Waals surface area contributed by atoms with Crippen molar-refractivity contribution in [3.63, 3.8) is 0 Å². The van der Waals surface area contributed by atoms with Crippen molar-refractivity contribution in [2.75, 3.05) is 33.3 Å². The van der Waals surface area contributed by atoms with E-state index >= 15 is 0 Å². The fraction of sp³-hybridized carbons (Fsp3) is 0.750. The zero-order valence-corrected chi connectivity index (χ0v) is 12.0. The summed E-state index contributed by atoms with van der Waals surface area (Å²) in [5.74, 6) is -0.297. The zero-order valence-electron chi connectivity index (χ0n) is 12.0. The van der Waals surface area contributed by atoms with Crippen LogP contribution in [0.2, 0.25) is 0 Å². The number of alkyl carbamates (subject to hydrolysis) is 1. The molecular weight excluding hydrogens is 266 g/mol. The van der Waals surface area contributed by atoms with Crippen LogP contribution in [0.25, 0.3) is 0 Å². The Morgan fingerprint density at radius 3 is 2.00 bits per heavy atom. The molecule has 1 heterocycles. The van der Waals surface area contributed by atoms with Crippen molar-refractivity contribution >= 4 is 18.1 Å². The number of hydrogen-bond acceptors (Lipinski definition) is 4. The quantitative estimate of drug-likeness (QED) is 0.772. The first-order chi connectivity index (χ1) is 9.36. The van der Waals surface area contributed by atoms with Gasteiger partial charge in [0, 0.05) is 26.2 Å². The molecule has 0 radical (unpaired) electrons. The smallest absolute Gasteiger partial charge is 0.407 e.